The van der Waals surface area contributed by atoms with Crippen LogP contribution in [0, 0.1) is 0 Å². The van der Waals surface area contributed by atoms with E-state index in [0.29, 0.717) is 11.5 Å². The minimum Gasteiger partial charge on any atom is -0.493 e. The second-order valence-electron chi connectivity index (χ2n) is 5.59. The fourth-order valence-electron chi connectivity index (χ4n) is 2.97. The summed E-state index contributed by atoms with van der Waals surface area (Å²) in [6.07, 6.45) is 1.78. The monoisotopic (exact) mass is 331 g/mol. The maximum atomic E-state index is 5.43. The van der Waals surface area contributed by atoms with Gasteiger partial charge in [-0.05, 0) is 24.3 Å². The molecule has 0 bridgehead atoms. The summed E-state index contributed by atoms with van der Waals surface area (Å²) in [5.74, 6) is 1.36. The number of nitrogens with zero attached hydrogens (tertiary/aromatic N) is 2. The van der Waals surface area contributed by atoms with E-state index in [-0.39, 0.29) is 0 Å². The first-order valence-electron chi connectivity index (χ1n) is 7.92. The average Bonchev–Trinajstić information content (AvgIpc) is 3.12. The van der Waals surface area contributed by atoms with E-state index >= 15 is 0 Å². The zero-order valence-corrected chi connectivity index (χ0v) is 14.0. The molecule has 4 aromatic rings. The largest absolute Gasteiger partial charge is 0.493 e. The van der Waals surface area contributed by atoms with Crippen molar-refractivity contribution in [2.24, 2.45) is 0 Å². The Bertz CT molecular complexity index is 1030. The molecule has 0 aliphatic heterocycles. The Kier molecular flexibility index (Phi) is 3.82. The van der Waals surface area contributed by atoms with Crippen molar-refractivity contribution in [3.8, 4) is 34.0 Å². The van der Waals surface area contributed by atoms with Crippen molar-refractivity contribution >= 4 is 10.9 Å². The van der Waals surface area contributed by atoms with Gasteiger partial charge in [0.05, 0.1) is 30.8 Å². The first kappa shape index (κ1) is 15.2. The number of fused-ring (bicyclic) bond motifs is 1. The lowest BCUT2D eigenvalue weighted by Gasteiger charge is -2.10. The summed E-state index contributed by atoms with van der Waals surface area (Å²) in [5.41, 5.74) is 4.67. The predicted molar refractivity (Wildman–Crippen MR) is 97.9 cm³/mol. The maximum Gasteiger partial charge on any atom is 0.161 e. The molecule has 2 heterocycles. The Hall–Kier alpha value is -3.34. The zero-order valence-electron chi connectivity index (χ0n) is 14.0. The molecule has 2 aromatic heterocycles. The Balaban J connectivity index is 1.95. The van der Waals surface area contributed by atoms with E-state index in [0.717, 1.165) is 33.4 Å². The molecule has 124 valence electrons. The van der Waals surface area contributed by atoms with Crippen LogP contribution in [-0.4, -0.2) is 29.4 Å². The highest BCUT2D eigenvalue weighted by atomic mass is 16.5. The molecule has 4 rings (SSSR count). The minimum absolute atomic E-state index is 0.670. The third-order valence-corrected chi connectivity index (χ3v) is 4.18. The van der Waals surface area contributed by atoms with Gasteiger partial charge in [-0.15, -0.1) is 0 Å². The summed E-state index contributed by atoms with van der Waals surface area (Å²) in [6.45, 7) is 0. The van der Waals surface area contributed by atoms with Crippen LogP contribution in [0.5, 0.6) is 11.5 Å². The fraction of sp³-hybridized carbons (Fsp3) is 0.100. The van der Waals surface area contributed by atoms with Gasteiger partial charge in [-0.2, -0.15) is 5.10 Å². The van der Waals surface area contributed by atoms with Gasteiger partial charge in [-0.1, -0.05) is 30.3 Å². The molecule has 0 amide bonds. The molecule has 0 atom stereocenters. The molecule has 0 aliphatic carbocycles. The zero-order chi connectivity index (χ0) is 17.2. The number of nitrogens with one attached hydrogen (secondary N) is 1. The highest BCUT2D eigenvalue weighted by molar-refractivity contribution is 6.02. The van der Waals surface area contributed by atoms with Crippen molar-refractivity contribution in [2.45, 2.75) is 0 Å². The van der Waals surface area contributed by atoms with E-state index in [1.807, 2.05) is 54.6 Å². The van der Waals surface area contributed by atoms with Gasteiger partial charge in [-0.3, -0.25) is 10.1 Å². The van der Waals surface area contributed by atoms with Gasteiger partial charge in [0.25, 0.3) is 0 Å². The van der Waals surface area contributed by atoms with E-state index in [2.05, 4.69) is 15.2 Å². The molecule has 0 unspecified atom stereocenters. The van der Waals surface area contributed by atoms with Gasteiger partial charge in [0.2, 0.25) is 0 Å². The highest BCUT2D eigenvalue weighted by Crippen LogP contribution is 2.37. The van der Waals surface area contributed by atoms with Crippen LogP contribution in [-0.2, 0) is 0 Å². The first-order valence-corrected chi connectivity index (χ1v) is 7.92. The molecule has 5 nitrogen and oxygen atoms in total. The number of ether oxygens (including phenoxy) is 2. The number of hydrogen-bond donors (Lipinski definition) is 1. The van der Waals surface area contributed by atoms with Crippen molar-refractivity contribution in [1.82, 2.24) is 15.2 Å². The molecule has 0 saturated heterocycles. The van der Waals surface area contributed by atoms with Gasteiger partial charge in [0, 0.05) is 17.3 Å². The molecule has 1 N–H and O–H groups in total. The van der Waals surface area contributed by atoms with Crippen LogP contribution in [0.25, 0.3) is 33.4 Å². The fourth-order valence-corrected chi connectivity index (χ4v) is 2.97. The van der Waals surface area contributed by atoms with Crippen LogP contribution in [0.2, 0.25) is 0 Å². The van der Waals surface area contributed by atoms with Crippen LogP contribution < -0.4 is 9.47 Å². The molecule has 0 radical (unpaired) electrons. The molecule has 0 saturated carbocycles. The second kappa shape index (κ2) is 6.28. The average molecular weight is 331 g/mol. The van der Waals surface area contributed by atoms with E-state index in [4.69, 9.17) is 9.47 Å². The Morgan fingerprint density at radius 3 is 2.36 bits per heavy atom. The van der Waals surface area contributed by atoms with Crippen LogP contribution >= 0.6 is 0 Å². The smallest absolute Gasteiger partial charge is 0.161 e. The molecule has 0 spiro atoms. The van der Waals surface area contributed by atoms with Crippen LogP contribution in [0.15, 0.2) is 60.8 Å². The quantitative estimate of drug-likeness (QED) is 0.605. The second-order valence-corrected chi connectivity index (χ2v) is 5.59. The molecular formula is C20H17N3O2. The molecule has 2 aromatic carbocycles. The Morgan fingerprint density at radius 1 is 0.800 bits per heavy atom. The summed E-state index contributed by atoms with van der Waals surface area (Å²) < 4.78 is 10.8. The van der Waals surface area contributed by atoms with Crippen LogP contribution in [0.4, 0.5) is 0 Å². The predicted octanol–water partition coefficient (Wildman–Crippen LogP) is 4.31. The lowest BCUT2D eigenvalue weighted by molar-refractivity contribution is 0.355. The Morgan fingerprint density at radius 2 is 1.60 bits per heavy atom. The summed E-state index contributed by atoms with van der Waals surface area (Å²) in [7, 11) is 3.25. The van der Waals surface area contributed by atoms with Gasteiger partial charge < -0.3 is 9.47 Å². The highest BCUT2D eigenvalue weighted by Gasteiger charge is 2.16. The number of aromatic amines is 1. The maximum absolute atomic E-state index is 5.43. The number of benzene rings is 2. The SMILES string of the molecule is COc1ccc(-c2nccc3[nH]nc(-c4ccccc4)c23)cc1OC. The van der Waals surface area contributed by atoms with Crippen molar-refractivity contribution in [2.75, 3.05) is 14.2 Å². The Labute approximate surface area is 145 Å². The number of pyridine rings is 1. The third-order valence-electron chi connectivity index (χ3n) is 4.18. The van der Waals surface area contributed by atoms with Gasteiger partial charge in [0.1, 0.15) is 5.69 Å². The van der Waals surface area contributed by atoms with Gasteiger partial charge in [0.15, 0.2) is 11.5 Å². The summed E-state index contributed by atoms with van der Waals surface area (Å²) in [4.78, 5) is 4.61. The molecule has 0 aliphatic rings. The summed E-state index contributed by atoms with van der Waals surface area (Å²) in [5, 5.41) is 8.60. The van der Waals surface area contributed by atoms with Crippen molar-refractivity contribution in [3.05, 3.63) is 60.8 Å². The van der Waals surface area contributed by atoms with Crippen molar-refractivity contribution in [1.29, 1.82) is 0 Å². The van der Waals surface area contributed by atoms with E-state index in [1.165, 1.54) is 0 Å². The number of hydrogen-bond acceptors (Lipinski definition) is 4. The molecule has 0 fully saturated rings. The number of methoxy groups -OCH3 is 2. The van der Waals surface area contributed by atoms with Crippen molar-refractivity contribution < 1.29 is 9.47 Å². The van der Waals surface area contributed by atoms with E-state index < -0.39 is 0 Å². The normalized spacial score (nSPS) is 10.8. The lowest BCUT2D eigenvalue weighted by Crippen LogP contribution is -1.92. The number of aromatic nitrogens is 3. The topological polar surface area (TPSA) is 60.0 Å². The summed E-state index contributed by atoms with van der Waals surface area (Å²) >= 11 is 0. The van der Waals surface area contributed by atoms with Crippen LogP contribution in [0.3, 0.4) is 0 Å². The number of H-pyrrole nitrogens is 1. The molecular weight excluding hydrogens is 314 g/mol. The molecule has 5 heteroatoms. The minimum atomic E-state index is 0.670. The van der Waals surface area contributed by atoms with E-state index in [1.54, 1.807) is 20.4 Å². The van der Waals surface area contributed by atoms with Gasteiger partial charge >= 0.3 is 0 Å². The number of rotatable bonds is 4. The summed E-state index contributed by atoms with van der Waals surface area (Å²) in [6, 6.07) is 17.8. The van der Waals surface area contributed by atoms with Gasteiger partial charge in [-0.25, -0.2) is 0 Å². The third kappa shape index (κ3) is 2.59. The lowest BCUT2D eigenvalue weighted by atomic mass is 10.0. The molecule has 25 heavy (non-hydrogen) atoms. The van der Waals surface area contributed by atoms with E-state index in [9.17, 15) is 0 Å². The standard InChI is InChI=1S/C20H17N3O2/c1-24-16-9-8-14(12-17(16)25-2)19-18-15(10-11-21-19)22-23-20(18)13-6-4-3-5-7-13/h3-12H,1-2H3,(H,22,23). The van der Waals surface area contributed by atoms with Crippen LogP contribution in [0.1, 0.15) is 0 Å². The van der Waals surface area contributed by atoms with Crippen molar-refractivity contribution in [3.63, 3.8) is 0 Å². The first-order chi connectivity index (χ1) is 12.3.